The molecule has 0 radical (unpaired) electrons. The van der Waals surface area contributed by atoms with Crippen molar-refractivity contribution >= 4 is 17.2 Å². The van der Waals surface area contributed by atoms with Gasteiger partial charge in [-0.3, -0.25) is 4.90 Å². The van der Waals surface area contributed by atoms with Gasteiger partial charge in [0.05, 0.1) is 5.60 Å². The number of nitrogens with two attached hydrogens (primary N) is 1. The van der Waals surface area contributed by atoms with Gasteiger partial charge in [0, 0.05) is 18.7 Å². The first-order valence-corrected chi connectivity index (χ1v) is 6.56. The molecule has 0 heterocycles. The smallest absolute Gasteiger partial charge is 0.104 e. The number of hydrogen-bond donors (Lipinski definition) is 2. The lowest BCUT2D eigenvalue weighted by atomic mass is 10.1. The van der Waals surface area contributed by atoms with Crippen molar-refractivity contribution in [1.29, 1.82) is 0 Å². The molecule has 1 aromatic carbocycles. The summed E-state index contributed by atoms with van der Waals surface area (Å²) in [5.74, 6) is 0. The number of rotatable bonds is 6. The predicted octanol–water partition coefficient (Wildman–Crippen LogP) is 1.91. The lowest BCUT2D eigenvalue weighted by molar-refractivity contribution is 0.0353. The molecule has 0 saturated carbocycles. The lowest BCUT2D eigenvalue weighted by Crippen LogP contribution is -2.38. The Bertz CT molecular complexity index is 413. The minimum absolute atomic E-state index is 0.421. The van der Waals surface area contributed by atoms with Crippen LogP contribution >= 0.6 is 12.2 Å². The van der Waals surface area contributed by atoms with E-state index in [9.17, 15) is 5.11 Å². The predicted molar refractivity (Wildman–Crippen MR) is 79.6 cm³/mol. The van der Waals surface area contributed by atoms with Crippen LogP contribution in [0.2, 0.25) is 0 Å². The monoisotopic (exact) mass is 266 g/mol. The third-order valence-electron chi connectivity index (χ3n) is 2.73. The summed E-state index contributed by atoms with van der Waals surface area (Å²) < 4.78 is 0. The number of benzene rings is 1. The molecule has 0 spiro atoms. The van der Waals surface area contributed by atoms with Crippen LogP contribution in [0.5, 0.6) is 0 Å². The molecule has 0 amide bonds. The van der Waals surface area contributed by atoms with Crippen LogP contribution in [-0.2, 0) is 6.54 Å². The van der Waals surface area contributed by atoms with Crippen LogP contribution in [0.15, 0.2) is 24.3 Å². The average molecular weight is 266 g/mol. The normalized spacial score (nSPS) is 11.8. The van der Waals surface area contributed by atoms with E-state index in [4.69, 9.17) is 18.0 Å². The molecule has 0 unspecified atom stereocenters. The number of likely N-dealkylation sites (N-methyl/N-ethyl adjacent to an activating group) is 1. The van der Waals surface area contributed by atoms with Crippen LogP contribution in [-0.4, -0.2) is 33.7 Å². The summed E-state index contributed by atoms with van der Waals surface area (Å²) in [6.07, 6.45) is 0. The van der Waals surface area contributed by atoms with Gasteiger partial charge < -0.3 is 10.8 Å². The summed E-state index contributed by atoms with van der Waals surface area (Å²) in [6, 6.07) is 7.89. The van der Waals surface area contributed by atoms with Gasteiger partial charge in [0.1, 0.15) is 4.99 Å². The van der Waals surface area contributed by atoms with Gasteiger partial charge in [-0.05, 0) is 26.0 Å². The molecular formula is C14H22N2OS. The number of hydrogen-bond acceptors (Lipinski definition) is 3. The van der Waals surface area contributed by atoms with Gasteiger partial charge in [-0.1, -0.05) is 43.4 Å². The maximum Gasteiger partial charge on any atom is 0.104 e. The van der Waals surface area contributed by atoms with Crippen molar-refractivity contribution in [2.45, 2.75) is 32.9 Å². The van der Waals surface area contributed by atoms with E-state index in [0.717, 1.165) is 24.2 Å². The first-order chi connectivity index (χ1) is 8.33. The molecule has 0 aromatic heterocycles. The zero-order valence-electron chi connectivity index (χ0n) is 11.3. The molecule has 0 aliphatic carbocycles. The number of nitrogens with zero attached hydrogens (tertiary/aromatic N) is 1. The van der Waals surface area contributed by atoms with Gasteiger partial charge in [-0.15, -0.1) is 0 Å². The van der Waals surface area contributed by atoms with Crippen molar-refractivity contribution in [2.75, 3.05) is 13.1 Å². The molecule has 0 aliphatic rings. The molecule has 3 nitrogen and oxygen atoms in total. The van der Waals surface area contributed by atoms with Crippen molar-refractivity contribution in [2.24, 2.45) is 5.73 Å². The summed E-state index contributed by atoms with van der Waals surface area (Å²) in [7, 11) is 0. The van der Waals surface area contributed by atoms with Crippen molar-refractivity contribution < 1.29 is 5.11 Å². The minimum atomic E-state index is -0.700. The summed E-state index contributed by atoms with van der Waals surface area (Å²) in [4.78, 5) is 2.60. The van der Waals surface area contributed by atoms with E-state index in [-0.39, 0.29) is 0 Å². The average Bonchev–Trinajstić information content (AvgIpc) is 2.26. The van der Waals surface area contributed by atoms with Crippen LogP contribution < -0.4 is 5.73 Å². The topological polar surface area (TPSA) is 49.5 Å². The van der Waals surface area contributed by atoms with Gasteiger partial charge in [-0.2, -0.15) is 0 Å². The van der Waals surface area contributed by atoms with Gasteiger partial charge in [0.15, 0.2) is 0 Å². The molecule has 0 bridgehead atoms. The highest BCUT2D eigenvalue weighted by molar-refractivity contribution is 7.80. The molecule has 1 rings (SSSR count). The highest BCUT2D eigenvalue weighted by Gasteiger charge is 2.18. The second-order valence-corrected chi connectivity index (χ2v) is 5.58. The van der Waals surface area contributed by atoms with Crippen molar-refractivity contribution in [3.8, 4) is 0 Å². The third kappa shape index (κ3) is 4.72. The Morgan fingerprint density at radius 1 is 1.39 bits per heavy atom. The highest BCUT2D eigenvalue weighted by atomic mass is 32.1. The molecule has 0 saturated heterocycles. The fourth-order valence-electron chi connectivity index (χ4n) is 1.97. The molecule has 0 atom stereocenters. The zero-order chi connectivity index (χ0) is 13.8. The fourth-order valence-corrected chi connectivity index (χ4v) is 2.17. The largest absolute Gasteiger partial charge is 0.389 e. The van der Waals surface area contributed by atoms with E-state index < -0.39 is 5.60 Å². The Morgan fingerprint density at radius 3 is 2.50 bits per heavy atom. The van der Waals surface area contributed by atoms with Crippen LogP contribution in [0.4, 0.5) is 0 Å². The fraction of sp³-hybridized carbons (Fsp3) is 0.500. The molecule has 3 N–H and O–H groups in total. The first kappa shape index (κ1) is 15.1. The minimum Gasteiger partial charge on any atom is -0.389 e. The summed E-state index contributed by atoms with van der Waals surface area (Å²) in [5, 5.41) is 9.88. The van der Waals surface area contributed by atoms with Crippen molar-refractivity contribution in [1.82, 2.24) is 4.90 Å². The Labute approximate surface area is 115 Å². The first-order valence-electron chi connectivity index (χ1n) is 6.16. The Hall–Kier alpha value is -0.970. The van der Waals surface area contributed by atoms with Crippen molar-refractivity contribution in [3.63, 3.8) is 0 Å². The maximum atomic E-state index is 9.88. The van der Waals surface area contributed by atoms with E-state index in [0.29, 0.717) is 11.5 Å². The number of aliphatic hydroxyl groups is 1. The number of thiocarbonyl (C=S) groups is 1. The van der Waals surface area contributed by atoms with Gasteiger partial charge in [0.2, 0.25) is 0 Å². The maximum absolute atomic E-state index is 9.88. The van der Waals surface area contributed by atoms with E-state index in [2.05, 4.69) is 11.8 Å². The molecular weight excluding hydrogens is 244 g/mol. The van der Waals surface area contributed by atoms with Crippen LogP contribution in [0, 0.1) is 0 Å². The van der Waals surface area contributed by atoms with E-state index >= 15 is 0 Å². The van der Waals surface area contributed by atoms with E-state index in [1.807, 2.05) is 38.1 Å². The Morgan fingerprint density at radius 2 is 2.00 bits per heavy atom. The second kappa shape index (κ2) is 6.27. The molecule has 18 heavy (non-hydrogen) atoms. The van der Waals surface area contributed by atoms with Gasteiger partial charge >= 0.3 is 0 Å². The Balaban J connectivity index is 2.85. The van der Waals surface area contributed by atoms with Crippen LogP contribution in [0.1, 0.15) is 31.9 Å². The lowest BCUT2D eigenvalue weighted by Gasteiger charge is -2.28. The Kier molecular flexibility index (Phi) is 5.26. The quantitative estimate of drug-likeness (QED) is 0.772. The van der Waals surface area contributed by atoms with E-state index in [1.54, 1.807) is 0 Å². The van der Waals surface area contributed by atoms with Crippen LogP contribution in [0.3, 0.4) is 0 Å². The van der Waals surface area contributed by atoms with Crippen molar-refractivity contribution in [3.05, 3.63) is 35.4 Å². The van der Waals surface area contributed by atoms with Crippen LogP contribution in [0.25, 0.3) is 0 Å². The van der Waals surface area contributed by atoms with Gasteiger partial charge in [0.25, 0.3) is 0 Å². The third-order valence-corrected chi connectivity index (χ3v) is 2.95. The summed E-state index contributed by atoms with van der Waals surface area (Å²) >= 11 is 5.06. The highest BCUT2D eigenvalue weighted by Crippen LogP contribution is 2.14. The molecule has 0 aliphatic heterocycles. The standard InChI is InChI=1S/C14H22N2OS/c1-4-16(10-14(2,3)17)9-11-7-5-6-8-12(11)13(15)18/h5-8,17H,4,9-10H2,1-3H3,(H2,15,18). The molecule has 1 aromatic rings. The molecule has 4 heteroatoms. The second-order valence-electron chi connectivity index (χ2n) is 5.14. The summed E-state index contributed by atoms with van der Waals surface area (Å²) in [6.45, 7) is 7.94. The molecule has 0 fully saturated rings. The zero-order valence-corrected chi connectivity index (χ0v) is 12.1. The van der Waals surface area contributed by atoms with E-state index in [1.165, 1.54) is 0 Å². The SMILES string of the molecule is CCN(Cc1ccccc1C(N)=S)CC(C)(C)O. The van der Waals surface area contributed by atoms with Gasteiger partial charge in [-0.25, -0.2) is 0 Å². The molecule has 100 valence electrons. The summed E-state index contributed by atoms with van der Waals surface area (Å²) in [5.41, 5.74) is 7.05.